The van der Waals surface area contributed by atoms with Crippen molar-refractivity contribution in [2.24, 2.45) is 0 Å². The maximum atomic E-state index is 12.5. The van der Waals surface area contributed by atoms with Gasteiger partial charge >= 0.3 is 0 Å². The number of carbonyl (C=O) groups excluding carboxylic acids is 2. The number of nitrogens with one attached hydrogen (secondary N) is 1. The Bertz CT molecular complexity index is 577. The molecule has 0 radical (unpaired) electrons. The van der Waals surface area contributed by atoms with Crippen molar-refractivity contribution < 1.29 is 14.5 Å². The van der Waals surface area contributed by atoms with Crippen LogP contribution in [0.5, 0.6) is 0 Å². The van der Waals surface area contributed by atoms with E-state index in [9.17, 15) is 19.7 Å². The van der Waals surface area contributed by atoms with E-state index in [2.05, 4.69) is 5.32 Å². The van der Waals surface area contributed by atoms with Crippen molar-refractivity contribution in [2.75, 3.05) is 25.9 Å². The number of nitro benzene ring substituents is 1. The molecule has 0 saturated heterocycles. The molecule has 0 saturated carbocycles. The summed E-state index contributed by atoms with van der Waals surface area (Å²) in [7, 11) is 0. The van der Waals surface area contributed by atoms with Crippen LogP contribution in [0.15, 0.2) is 23.1 Å². The molecule has 0 aromatic heterocycles. The molecule has 120 valence electrons. The SMILES string of the molecule is CCNC(=O)CN(CC)C(=O)c1cc(SC)ccc1[N+](=O)[O-]. The van der Waals surface area contributed by atoms with Crippen LogP contribution in [0.4, 0.5) is 5.69 Å². The summed E-state index contributed by atoms with van der Waals surface area (Å²) in [5.41, 5.74) is -0.250. The zero-order valence-electron chi connectivity index (χ0n) is 12.8. The highest BCUT2D eigenvalue weighted by Gasteiger charge is 2.25. The van der Waals surface area contributed by atoms with E-state index in [1.807, 2.05) is 6.26 Å². The summed E-state index contributed by atoms with van der Waals surface area (Å²) in [5.74, 6) is -0.808. The van der Waals surface area contributed by atoms with Gasteiger partial charge in [0.1, 0.15) is 5.56 Å². The Morgan fingerprint density at radius 2 is 2.05 bits per heavy atom. The summed E-state index contributed by atoms with van der Waals surface area (Å²) in [4.78, 5) is 36.8. The van der Waals surface area contributed by atoms with Crippen LogP contribution in [0.2, 0.25) is 0 Å². The third kappa shape index (κ3) is 4.45. The van der Waals surface area contributed by atoms with Crippen LogP contribution in [0.3, 0.4) is 0 Å². The monoisotopic (exact) mass is 325 g/mol. The molecule has 0 spiro atoms. The molecule has 1 rings (SSSR count). The Morgan fingerprint density at radius 3 is 2.55 bits per heavy atom. The third-order valence-corrected chi connectivity index (χ3v) is 3.73. The largest absolute Gasteiger partial charge is 0.355 e. The van der Waals surface area contributed by atoms with E-state index in [1.54, 1.807) is 19.9 Å². The fourth-order valence-corrected chi connectivity index (χ4v) is 2.34. The van der Waals surface area contributed by atoms with Gasteiger partial charge < -0.3 is 10.2 Å². The number of carbonyl (C=O) groups is 2. The highest BCUT2D eigenvalue weighted by molar-refractivity contribution is 7.98. The van der Waals surface area contributed by atoms with Gasteiger partial charge in [-0.3, -0.25) is 19.7 Å². The summed E-state index contributed by atoms with van der Waals surface area (Å²) in [6.07, 6.45) is 1.82. The second-order valence-electron chi connectivity index (χ2n) is 4.41. The zero-order chi connectivity index (χ0) is 16.7. The molecule has 0 aliphatic heterocycles. The summed E-state index contributed by atoms with van der Waals surface area (Å²) in [5, 5.41) is 13.7. The highest BCUT2D eigenvalue weighted by Crippen LogP contribution is 2.25. The molecular weight excluding hydrogens is 306 g/mol. The van der Waals surface area contributed by atoms with E-state index in [1.165, 1.54) is 28.8 Å². The van der Waals surface area contributed by atoms with Crippen molar-refractivity contribution >= 4 is 29.3 Å². The first-order valence-electron chi connectivity index (χ1n) is 6.82. The van der Waals surface area contributed by atoms with Gasteiger partial charge in [0.15, 0.2) is 0 Å². The Kier molecular flexibility index (Phi) is 6.84. The van der Waals surface area contributed by atoms with Crippen LogP contribution < -0.4 is 5.32 Å². The van der Waals surface area contributed by atoms with Gasteiger partial charge in [0.25, 0.3) is 11.6 Å². The molecule has 1 aromatic carbocycles. The minimum absolute atomic E-state index is 0.00278. The Hall–Kier alpha value is -2.09. The molecule has 2 amide bonds. The van der Waals surface area contributed by atoms with Crippen LogP contribution in [-0.2, 0) is 4.79 Å². The third-order valence-electron chi connectivity index (χ3n) is 3.01. The lowest BCUT2D eigenvalue weighted by Crippen LogP contribution is -2.40. The zero-order valence-corrected chi connectivity index (χ0v) is 13.6. The molecule has 0 aliphatic rings. The molecule has 1 N–H and O–H groups in total. The van der Waals surface area contributed by atoms with Gasteiger partial charge in [0.2, 0.25) is 5.91 Å². The Labute approximate surface area is 133 Å². The lowest BCUT2D eigenvalue weighted by molar-refractivity contribution is -0.385. The van der Waals surface area contributed by atoms with E-state index in [0.717, 1.165) is 4.90 Å². The van der Waals surface area contributed by atoms with E-state index in [0.29, 0.717) is 6.54 Å². The van der Waals surface area contributed by atoms with Crippen LogP contribution in [-0.4, -0.2) is 47.5 Å². The number of hydrogen-bond donors (Lipinski definition) is 1. The fraction of sp³-hybridized carbons (Fsp3) is 0.429. The standard InChI is InChI=1S/C14H19N3O4S/c1-4-15-13(18)9-16(5-2)14(19)11-8-10(22-3)6-7-12(11)17(20)21/h6-8H,4-5,9H2,1-3H3,(H,15,18). The van der Waals surface area contributed by atoms with Gasteiger partial charge in [-0.15, -0.1) is 11.8 Å². The maximum absolute atomic E-state index is 12.5. The van der Waals surface area contributed by atoms with Crippen LogP contribution >= 0.6 is 11.8 Å². The van der Waals surface area contributed by atoms with Gasteiger partial charge in [0.05, 0.1) is 11.5 Å². The lowest BCUT2D eigenvalue weighted by atomic mass is 10.1. The number of rotatable bonds is 7. The summed E-state index contributed by atoms with van der Waals surface area (Å²) < 4.78 is 0. The smallest absolute Gasteiger partial charge is 0.282 e. The molecule has 0 bridgehead atoms. The number of likely N-dealkylation sites (N-methyl/N-ethyl adjacent to an activating group) is 2. The second kappa shape index (κ2) is 8.38. The first-order chi connectivity index (χ1) is 10.4. The summed E-state index contributed by atoms with van der Waals surface area (Å²) in [6.45, 7) is 4.14. The van der Waals surface area contributed by atoms with Crippen molar-refractivity contribution in [3.05, 3.63) is 33.9 Å². The van der Waals surface area contributed by atoms with E-state index < -0.39 is 10.8 Å². The number of hydrogen-bond acceptors (Lipinski definition) is 5. The van der Waals surface area contributed by atoms with E-state index in [-0.39, 0.29) is 30.2 Å². The van der Waals surface area contributed by atoms with E-state index in [4.69, 9.17) is 0 Å². The second-order valence-corrected chi connectivity index (χ2v) is 5.29. The molecule has 0 aliphatic carbocycles. The number of amides is 2. The van der Waals surface area contributed by atoms with Crippen LogP contribution in [0.1, 0.15) is 24.2 Å². The topological polar surface area (TPSA) is 92.6 Å². The van der Waals surface area contributed by atoms with Crippen molar-refractivity contribution in [1.82, 2.24) is 10.2 Å². The summed E-state index contributed by atoms with van der Waals surface area (Å²) in [6, 6.07) is 4.41. The Balaban J connectivity index is 3.12. The van der Waals surface area contributed by atoms with E-state index >= 15 is 0 Å². The number of benzene rings is 1. The molecule has 22 heavy (non-hydrogen) atoms. The Morgan fingerprint density at radius 1 is 1.36 bits per heavy atom. The first kappa shape index (κ1) is 18.0. The maximum Gasteiger partial charge on any atom is 0.282 e. The molecule has 7 nitrogen and oxygen atoms in total. The van der Waals surface area contributed by atoms with Crippen molar-refractivity contribution in [3.8, 4) is 0 Å². The molecule has 0 fully saturated rings. The van der Waals surface area contributed by atoms with Crippen molar-refractivity contribution in [3.63, 3.8) is 0 Å². The minimum Gasteiger partial charge on any atom is -0.355 e. The number of nitrogens with zero attached hydrogens (tertiary/aromatic N) is 2. The minimum atomic E-state index is -0.586. The van der Waals surface area contributed by atoms with Gasteiger partial charge in [-0.05, 0) is 32.2 Å². The lowest BCUT2D eigenvalue weighted by Gasteiger charge is -2.20. The van der Waals surface area contributed by atoms with Gasteiger partial charge in [0, 0.05) is 24.1 Å². The van der Waals surface area contributed by atoms with Gasteiger partial charge in [-0.1, -0.05) is 0 Å². The highest BCUT2D eigenvalue weighted by atomic mass is 32.2. The average molecular weight is 325 g/mol. The molecule has 0 atom stereocenters. The summed E-state index contributed by atoms with van der Waals surface area (Å²) >= 11 is 1.39. The molecule has 0 heterocycles. The molecule has 8 heteroatoms. The van der Waals surface area contributed by atoms with Crippen LogP contribution in [0, 0.1) is 10.1 Å². The molecule has 0 unspecified atom stereocenters. The average Bonchev–Trinajstić information content (AvgIpc) is 2.51. The van der Waals surface area contributed by atoms with Crippen molar-refractivity contribution in [1.29, 1.82) is 0 Å². The first-order valence-corrected chi connectivity index (χ1v) is 8.05. The van der Waals surface area contributed by atoms with Gasteiger partial charge in [-0.2, -0.15) is 0 Å². The predicted molar refractivity (Wildman–Crippen MR) is 85.1 cm³/mol. The normalized spacial score (nSPS) is 10.1. The van der Waals surface area contributed by atoms with Crippen LogP contribution in [0.25, 0.3) is 0 Å². The number of thioether (sulfide) groups is 1. The quantitative estimate of drug-likeness (QED) is 0.470. The van der Waals surface area contributed by atoms with Gasteiger partial charge in [-0.25, -0.2) is 0 Å². The predicted octanol–water partition coefficient (Wildman–Crippen LogP) is 1.91. The fourth-order valence-electron chi connectivity index (χ4n) is 1.90. The molecular formula is C14H19N3O4S. The van der Waals surface area contributed by atoms with Crippen molar-refractivity contribution in [2.45, 2.75) is 18.7 Å². The molecule has 1 aromatic rings. The number of nitro groups is 1.